The third-order valence-electron chi connectivity index (χ3n) is 8.63. The van der Waals surface area contributed by atoms with E-state index in [4.69, 9.17) is 0 Å². The second-order valence-corrected chi connectivity index (χ2v) is 13.5. The Kier molecular flexibility index (Phi) is 23.2. The van der Waals surface area contributed by atoms with Crippen molar-refractivity contribution in [1.29, 1.82) is 0 Å². The van der Waals surface area contributed by atoms with E-state index < -0.39 is 0 Å². The summed E-state index contributed by atoms with van der Waals surface area (Å²) in [5.41, 5.74) is 1.35. The first-order chi connectivity index (χ1) is 20.4. The summed E-state index contributed by atoms with van der Waals surface area (Å²) >= 11 is 2.11. The molecular formula is C38H67N2S+. The van der Waals surface area contributed by atoms with Crippen LogP contribution >= 0.6 is 11.8 Å². The predicted octanol–water partition coefficient (Wildman–Crippen LogP) is 12.5. The molecule has 2 aromatic rings. The van der Waals surface area contributed by atoms with Gasteiger partial charge < -0.3 is 0 Å². The van der Waals surface area contributed by atoms with Gasteiger partial charge in [-0.15, -0.1) is 11.8 Å². The fraction of sp³-hybridized carbons (Fsp3) is 0.763. The summed E-state index contributed by atoms with van der Waals surface area (Å²) < 4.78 is 4.99. The zero-order valence-corrected chi connectivity index (χ0v) is 28.3. The molecule has 0 aliphatic heterocycles. The minimum absolute atomic E-state index is 1.06. The Balaban J connectivity index is 1.56. The Bertz CT molecular complexity index is 815. The molecule has 2 nitrogen and oxygen atoms in total. The smallest absolute Gasteiger partial charge is 0.230 e. The van der Waals surface area contributed by atoms with Gasteiger partial charge in [0.05, 0.1) is 12.1 Å². The van der Waals surface area contributed by atoms with Crippen LogP contribution < -0.4 is 4.57 Å². The van der Waals surface area contributed by atoms with Gasteiger partial charge in [-0.3, -0.25) is 0 Å². The van der Waals surface area contributed by atoms with Gasteiger partial charge in [-0.25, -0.2) is 9.13 Å². The van der Waals surface area contributed by atoms with Crippen molar-refractivity contribution in [2.24, 2.45) is 0 Å². The number of aromatic nitrogens is 2. The van der Waals surface area contributed by atoms with Gasteiger partial charge in [0, 0.05) is 0 Å². The Labute approximate surface area is 260 Å². The molecule has 0 radical (unpaired) electrons. The first-order valence-electron chi connectivity index (χ1n) is 18.1. The maximum Gasteiger partial charge on any atom is 0.289 e. The van der Waals surface area contributed by atoms with Crippen molar-refractivity contribution in [3.63, 3.8) is 0 Å². The Morgan fingerprint density at radius 1 is 0.537 bits per heavy atom. The molecule has 3 heteroatoms. The quantitative estimate of drug-likeness (QED) is 0.0683. The molecule has 1 aromatic carbocycles. The monoisotopic (exact) mass is 584 g/mol. The van der Waals surface area contributed by atoms with Crippen LogP contribution in [0.2, 0.25) is 0 Å². The average Bonchev–Trinajstić information content (AvgIpc) is 3.40. The van der Waals surface area contributed by atoms with Gasteiger partial charge in [0.1, 0.15) is 18.3 Å². The molecule has 0 amide bonds. The van der Waals surface area contributed by atoms with Crippen molar-refractivity contribution in [2.45, 2.75) is 180 Å². The zero-order valence-electron chi connectivity index (χ0n) is 27.4. The van der Waals surface area contributed by atoms with E-state index in [-0.39, 0.29) is 0 Å². The Hall–Kier alpha value is -1.22. The lowest BCUT2D eigenvalue weighted by atomic mass is 10.0. The summed E-state index contributed by atoms with van der Waals surface area (Å²) in [7, 11) is 0. The minimum atomic E-state index is 1.06. The molecule has 234 valence electrons. The van der Waals surface area contributed by atoms with Gasteiger partial charge in [0.2, 0.25) is 0 Å². The minimum Gasteiger partial charge on any atom is -0.230 e. The number of benzene rings is 1. The summed E-state index contributed by atoms with van der Waals surface area (Å²) in [6, 6.07) is 11.0. The summed E-state index contributed by atoms with van der Waals surface area (Å²) in [6.45, 7) is 5.74. The zero-order chi connectivity index (χ0) is 29.1. The van der Waals surface area contributed by atoms with E-state index in [0.29, 0.717) is 0 Å². The van der Waals surface area contributed by atoms with Crippen LogP contribution in [0.1, 0.15) is 168 Å². The molecule has 1 heterocycles. The number of hydrogen-bond donors (Lipinski definition) is 0. The number of rotatable bonds is 29. The fourth-order valence-corrected chi connectivity index (χ4v) is 6.94. The molecule has 0 aliphatic rings. The molecule has 0 saturated carbocycles. The first-order valence-corrected chi connectivity index (χ1v) is 19.2. The number of aryl methyl sites for hydroxylation is 1. The van der Waals surface area contributed by atoms with E-state index in [1.54, 1.807) is 0 Å². The lowest BCUT2D eigenvalue weighted by Gasteiger charge is -2.07. The van der Waals surface area contributed by atoms with Crippen molar-refractivity contribution < 1.29 is 4.57 Å². The SMILES string of the molecule is CCCCCCCCCCCCCCCCSC[n+]1ccn(CCCCCCCCCCCC)c1-c1ccccc1. The Morgan fingerprint density at radius 3 is 1.46 bits per heavy atom. The number of unbranched alkanes of at least 4 members (excludes halogenated alkanes) is 22. The molecule has 0 saturated heterocycles. The molecule has 0 fully saturated rings. The van der Waals surface area contributed by atoms with Crippen molar-refractivity contribution in [2.75, 3.05) is 5.75 Å². The standard InChI is InChI=1S/C38H67N2S/c1-3-5-7-9-11-13-15-16-17-18-20-22-24-29-35-41-36-40-34-33-39(38(40)37-30-26-25-27-31-37)32-28-23-21-19-14-12-10-8-6-4-2/h25-27,30-31,33-34H,3-24,28-29,32,35-36H2,1-2H3/q+1. The molecule has 0 atom stereocenters. The van der Waals surface area contributed by atoms with Crippen LogP contribution in [0, 0.1) is 0 Å². The molecule has 2 rings (SSSR count). The van der Waals surface area contributed by atoms with Gasteiger partial charge in [-0.1, -0.05) is 167 Å². The highest BCUT2D eigenvalue weighted by atomic mass is 32.2. The van der Waals surface area contributed by atoms with E-state index in [2.05, 4.69) is 77.5 Å². The fourth-order valence-electron chi connectivity index (χ4n) is 6.00. The van der Waals surface area contributed by atoms with Gasteiger partial charge in [-0.2, -0.15) is 0 Å². The van der Waals surface area contributed by atoms with Crippen LogP contribution in [0.25, 0.3) is 11.4 Å². The van der Waals surface area contributed by atoms with Gasteiger partial charge in [0.15, 0.2) is 0 Å². The summed E-state index contributed by atoms with van der Waals surface area (Å²) in [4.78, 5) is 0. The van der Waals surface area contributed by atoms with Crippen molar-refractivity contribution in [3.05, 3.63) is 42.7 Å². The molecule has 1 aromatic heterocycles. The number of imidazole rings is 1. The second kappa shape index (κ2) is 26.4. The van der Waals surface area contributed by atoms with Crippen molar-refractivity contribution in [3.8, 4) is 11.4 Å². The Morgan fingerprint density at radius 2 is 0.976 bits per heavy atom. The van der Waals surface area contributed by atoms with Gasteiger partial charge in [-0.05, 0) is 37.1 Å². The predicted molar refractivity (Wildman–Crippen MR) is 185 cm³/mol. The molecule has 0 aliphatic carbocycles. The largest absolute Gasteiger partial charge is 0.289 e. The molecular weight excluding hydrogens is 516 g/mol. The van der Waals surface area contributed by atoms with E-state index >= 15 is 0 Å². The van der Waals surface area contributed by atoms with Crippen LogP contribution in [-0.2, 0) is 12.4 Å². The molecule has 0 bridgehead atoms. The molecule has 0 unspecified atom stereocenters. The van der Waals surface area contributed by atoms with Crippen LogP contribution in [-0.4, -0.2) is 10.3 Å². The maximum absolute atomic E-state index is 2.51. The molecule has 41 heavy (non-hydrogen) atoms. The van der Waals surface area contributed by atoms with Crippen LogP contribution in [0.4, 0.5) is 0 Å². The lowest BCUT2D eigenvalue weighted by molar-refractivity contribution is -0.664. The van der Waals surface area contributed by atoms with Gasteiger partial charge in [0.25, 0.3) is 5.82 Å². The highest BCUT2D eigenvalue weighted by molar-refractivity contribution is 7.98. The maximum atomic E-state index is 2.51. The highest BCUT2D eigenvalue weighted by Gasteiger charge is 2.18. The van der Waals surface area contributed by atoms with Crippen LogP contribution in [0.15, 0.2) is 42.7 Å². The van der Waals surface area contributed by atoms with Gasteiger partial charge >= 0.3 is 0 Å². The van der Waals surface area contributed by atoms with E-state index in [1.165, 1.54) is 171 Å². The summed E-state index contributed by atoms with van der Waals surface area (Å²) in [5.74, 6) is 3.73. The van der Waals surface area contributed by atoms with E-state index in [1.807, 2.05) is 0 Å². The topological polar surface area (TPSA) is 8.81 Å². The van der Waals surface area contributed by atoms with E-state index in [0.717, 1.165) is 12.4 Å². The first kappa shape index (κ1) is 36.0. The van der Waals surface area contributed by atoms with Crippen LogP contribution in [0.5, 0.6) is 0 Å². The van der Waals surface area contributed by atoms with E-state index in [9.17, 15) is 0 Å². The molecule has 0 spiro atoms. The highest BCUT2D eigenvalue weighted by Crippen LogP contribution is 2.19. The summed E-state index contributed by atoms with van der Waals surface area (Å²) in [5, 5.41) is 0. The third-order valence-corrected chi connectivity index (χ3v) is 9.67. The van der Waals surface area contributed by atoms with Crippen LogP contribution in [0.3, 0.4) is 0 Å². The number of hydrogen-bond acceptors (Lipinski definition) is 1. The van der Waals surface area contributed by atoms with Crippen molar-refractivity contribution in [1.82, 2.24) is 4.57 Å². The number of nitrogens with zero attached hydrogens (tertiary/aromatic N) is 2. The molecule has 0 N–H and O–H groups in total. The van der Waals surface area contributed by atoms with Crippen molar-refractivity contribution >= 4 is 11.8 Å². The lowest BCUT2D eigenvalue weighted by Crippen LogP contribution is -2.33. The number of thioether (sulfide) groups is 1. The second-order valence-electron chi connectivity index (χ2n) is 12.5. The normalized spacial score (nSPS) is 11.5. The average molecular weight is 584 g/mol. The third kappa shape index (κ3) is 18.1. The summed E-state index contributed by atoms with van der Waals surface area (Å²) in [6.07, 6.45) is 38.7.